The summed E-state index contributed by atoms with van der Waals surface area (Å²) in [6.45, 7) is 0. The number of phenolic OH excluding ortho intramolecular Hbond substituents is 1. The number of nitrogens with one attached hydrogen (secondary N) is 1. The summed E-state index contributed by atoms with van der Waals surface area (Å²) >= 11 is 0. The van der Waals surface area contributed by atoms with Crippen LogP contribution in [0, 0.1) is 0 Å². The molecule has 7 heteroatoms. The van der Waals surface area contributed by atoms with Crippen molar-refractivity contribution in [2.75, 3.05) is 0 Å². The molecule has 2 aromatic rings. The van der Waals surface area contributed by atoms with Crippen LogP contribution in [0.2, 0.25) is 0 Å². The van der Waals surface area contributed by atoms with Gasteiger partial charge in [-0.2, -0.15) is 28.6 Å². The highest BCUT2D eigenvalue weighted by molar-refractivity contribution is 5.81. The van der Waals surface area contributed by atoms with E-state index < -0.39 is 17.5 Å². The van der Waals surface area contributed by atoms with Crippen LogP contribution in [0.15, 0.2) is 12.1 Å². The van der Waals surface area contributed by atoms with Crippen molar-refractivity contribution in [2.45, 2.75) is 6.18 Å². The number of nitrogens with zero attached hydrogens (tertiary/aromatic N) is 2. The third kappa shape index (κ3) is 1.26. The first-order chi connectivity index (χ1) is 6.48. The molecular formula is C7H4F3N3O. The fourth-order valence-corrected chi connectivity index (χ4v) is 1.10. The molecule has 0 saturated heterocycles. The summed E-state index contributed by atoms with van der Waals surface area (Å²) < 4.78 is 36.7. The molecule has 4 nitrogen and oxygen atoms in total. The van der Waals surface area contributed by atoms with Gasteiger partial charge in [-0.15, -0.1) is 0 Å². The van der Waals surface area contributed by atoms with E-state index in [-0.39, 0.29) is 11.0 Å². The highest BCUT2D eigenvalue weighted by Gasteiger charge is 2.31. The Morgan fingerprint density at radius 3 is 2.57 bits per heavy atom. The molecule has 0 aliphatic heterocycles. The number of phenols is 1. The van der Waals surface area contributed by atoms with Gasteiger partial charge in [-0.05, 0) is 12.1 Å². The minimum Gasteiger partial charge on any atom is -0.506 e. The van der Waals surface area contributed by atoms with Crippen LogP contribution in [0.4, 0.5) is 13.2 Å². The Hall–Kier alpha value is -1.79. The van der Waals surface area contributed by atoms with E-state index in [0.717, 1.165) is 6.07 Å². The molecule has 0 fully saturated rings. The smallest absolute Gasteiger partial charge is 0.416 e. The summed E-state index contributed by atoms with van der Waals surface area (Å²) in [5.74, 6) is -0.538. The molecule has 0 atom stereocenters. The van der Waals surface area contributed by atoms with Crippen LogP contribution in [0.5, 0.6) is 5.75 Å². The topological polar surface area (TPSA) is 61.8 Å². The molecule has 0 aliphatic carbocycles. The monoisotopic (exact) mass is 203 g/mol. The SMILES string of the molecule is Oc1cc(C(F)(F)F)cc2n[nH]nc12. The molecule has 0 bridgehead atoms. The van der Waals surface area contributed by atoms with Crippen LogP contribution in [0.25, 0.3) is 11.0 Å². The lowest BCUT2D eigenvalue weighted by molar-refractivity contribution is -0.137. The number of fused-ring (bicyclic) bond motifs is 1. The Bertz CT molecular complexity index is 476. The van der Waals surface area contributed by atoms with Crippen molar-refractivity contribution in [3.63, 3.8) is 0 Å². The Morgan fingerprint density at radius 1 is 1.21 bits per heavy atom. The minimum atomic E-state index is -4.50. The first-order valence-electron chi connectivity index (χ1n) is 3.59. The molecular weight excluding hydrogens is 199 g/mol. The largest absolute Gasteiger partial charge is 0.506 e. The second kappa shape index (κ2) is 2.60. The lowest BCUT2D eigenvalue weighted by atomic mass is 10.2. The van der Waals surface area contributed by atoms with Gasteiger partial charge in [0.2, 0.25) is 0 Å². The van der Waals surface area contributed by atoms with Gasteiger partial charge >= 0.3 is 6.18 Å². The maximum atomic E-state index is 12.2. The molecule has 1 aromatic carbocycles. The number of hydrogen-bond donors (Lipinski definition) is 2. The Labute approximate surface area is 75.4 Å². The van der Waals surface area contributed by atoms with Crippen molar-refractivity contribution in [1.29, 1.82) is 0 Å². The third-order valence-corrected chi connectivity index (χ3v) is 1.73. The molecule has 0 spiro atoms. The fraction of sp³-hybridized carbons (Fsp3) is 0.143. The van der Waals surface area contributed by atoms with Crippen molar-refractivity contribution in [1.82, 2.24) is 15.4 Å². The maximum absolute atomic E-state index is 12.2. The molecule has 74 valence electrons. The van der Waals surface area contributed by atoms with E-state index in [2.05, 4.69) is 15.4 Å². The summed E-state index contributed by atoms with van der Waals surface area (Å²) in [5, 5.41) is 18.3. The van der Waals surface area contributed by atoms with Crippen LogP contribution >= 0.6 is 0 Å². The second-order valence-electron chi connectivity index (χ2n) is 2.68. The maximum Gasteiger partial charge on any atom is 0.416 e. The van der Waals surface area contributed by atoms with Gasteiger partial charge in [-0.3, -0.25) is 0 Å². The van der Waals surface area contributed by atoms with Crippen LogP contribution < -0.4 is 0 Å². The predicted octanol–water partition coefficient (Wildman–Crippen LogP) is 1.68. The van der Waals surface area contributed by atoms with Crippen LogP contribution in [-0.4, -0.2) is 20.5 Å². The number of alkyl halides is 3. The number of aromatic amines is 1. The number of hydrogen-bond acceptors (Lipinski definition) is 3. The molecule has 1 aromatic heterocycles. The van der Waals surface area contributed by atoms with Crippen molar-refractivity contribution in [3.05, 3.63) is 17.7 Å². The third-order valence-electron chi connectivity index (χ3n) is 1.73. The lowest BCUT2D eigenvalue weighted by Gasteiger charge is -2.05. The Kier molecular flexibility index (Phi) is 1.63. The van der Waals surface area contributed by atoms with Crippen LogP contribution in [0.3, 0.4) is 0 Å². The van der Waals surface area contributed by atoms with Gasteiger partial charge < -0.3 is 5.11 Å². The summed E-state index contributed by atoms with van der Waals surface area (Å²) in [4.78, 5) is 0. The zero-order chi connectivity index (χ0) is 10.3. The van der Waals surface area contributed by atoms with Gasteiger partial charge in [0.25, 0.3) is 0 Å². The van der Waals surface area contributed by atoms with Gasteiger partial charge in [-0.1, -0.05) is 0 Å². The highest BCUT2D eigenvalue weighted by atomic mass is 19.4. The van der Waals surface area contributed by atoms with Crippen LogP contribution in [-0.2, 0) is 6.18 Å². The molecule has 2 N–H and O–H groups in total. The Morgan fingerprint density at radius 2 is 1.93 bits per heavy atom. The number of aromatic hydroxyl groups is 1. The lowest BCUT2D eigenvalue weighted by Crippen LogP contribution is -2.04. The van der Waals surface area contributed by atoms with E-state index in [1.165, 1.54) is 0 Å². The average molecular weight is 203 g/mol. The molecule has 0 unspecified atom stereocenters. The average Bonchev–Trinajstić information content (AvgIpc) is 2.50. The van der Waals surface area contributed by atoms with E-state index in [1.54, 1.807) is 0 Å². The van der Waals surface area contributed by atoms with Gasteiger partial charge in [0.05, 0.1) is 5.56 Å². The Balaban J connectivity index is 2.70. The second-order valence-corrected chi connectivity index (χ2v) is 2.68. The summed E-state index contributed by atoms with van der Waals surface area (Å²) in [5.41, 5.74) is -0.938. The van der Waals surface area contributed by atoms with E-state index in [1.807, 2.05) is 0 Å². The number of benzene rings is 1. The van der Waals surface area contributed by atoms with E-state index >= 15 is 0 Å². The van der Waals surface area contributed by atoms with E-state index in [4.69, 9.17) is 0 Å². The quantitative estimate of drug-likeness (QED) is 0.684. The number of aromatic nitrogens is 3. The number of H-pyrrole nitrogens is 1. The molecule has 1 heterocycles. The standard InChI is InChI=1S/C7H4F3N3O/c8-7(9,10)3-1-4-6(5(14)2-3)12-13-11-4/h1-2,14H,(H,11,12,13). The zero-order valence-electron chi connectivity index (χ0n) is 6.63. The van der Waals surface area contributed by atoms with Crippen LogP contribution in [0.1, 0.15) is 5.56 Å². The summed E-state index contributed by atoms with van der Waals surface area (Å²) in [6, 6.07) is 1.43. The molecule has 0 aliphatic rings. The normalized spacial score (nSPS) is 12.2. The van der Waals surface area contributed by atoms with E-state index in [9.17, 15) is 18.3 Å². The van der Waals surface area contributed by atoms with Gasteiger partial charge in [0.1, 0.15) is 11.3 Å². The van der Waals surface area contributed by atoms with Gasteiger partial charge in [0, 0.05) is 0 Å². The van der Waals surface area contributed by atoms with Crippen molar-refractivity contribution in [2.24, 2.45) is 0 Å². The number of rotatable bonds is 0. The zero-order valence-corrected chi connectivity index (χ0v) is 6.63. The van der Waals surface area contributed by atoms with Crippen molar-refractivity contribution in [3.8, 4) is 5.75 Å². The number of halogens is 3. The predicted molar refractivity (Wildman–Crippen MR) is 40.6 cm³/mol. The molecule has 0 radical (unpaired) electrons. The van der Waals surface area contributed by atoms with Gasteiger partial charge in [-0.25, -0.2) is 0 Å². The highest BCUT2D eigenvalue weighted by Crippen LogP contribution is 2.34. The molecule has 0 amide bonds. The molecule has 0 saturated carbocycles. The molecule has 2 rings (SSSR count). The van der Waals surface area contributed by atoms with Crippen molar-refractivity contribution < 1.29 is 18.3 Å². The minimum absolute atomic E-state index is 0.0164. The summed E-state index contributed by atoms with van der Waals surface area (Å²) in [6.07, 6.45) is -4.50. The fourth-order valence-electron chi connectivity index (χ4n) is 1.10. The summed E-state index contributed by atoms with van der Waals surface area (Å²) in [7, 11) is 0. The van der Waals surface area contributed by atoms with Crippen molar-refractivity contribution >= 4 is 11.0 Å². The first-order valence-corrected chi connectivity index (χ1v) is 3.59. The van der Waals surface area contributed by atoms with Gasteiger partial charge in [0.15, 0.2) is 5.52 Å². The first kappa shape index (κ1) is 8.79. The molecule has 14 heavy (non-hydrogen) atoms. The van der Waals surface area contributed by atoms with E-state index in [0.29, 0.717) is 6.07 Å².